The van der Waals surface area contributed by atoms with Crippen LogP contribution in [0.4, 0.5) is 5.69 Å². The second-order valence-electron chi connectivity index (χ2n) is 3.28. The molecule has 0 unspecified atom stereocenters. The Morgan fingerprint density at radius 2 is 2.27 bits per heavy atom. The molecule has 1 rings (SSSR count). The predicted octanol–water partition coefficient (Wildman–Crippen LogP) is 1.55. The van der Waals surface area contributed by atoms with E-state index >= 15 is 0 Å². The normalized spacial score (nSPS) is 9.53. The van der Waals surface area contributed by atoms with Crippen LogP contribution in [0.25, 0.3) is 0 Å². The maximum atomic E-state index is 10.3. The van der Waals surface area contributed by atoms with Gasteiger partial charge in [-0.25, -0.2) is 0 Å². The summed E-state index contributed by atoms with van der Waals surface area (Å²) in [6.45, 7) is 0. The Kier molecular flexibility index (Phi) is 3.69. The maximum absolute atomic E-state index is 10.3. The summed E-state index contributed by atoms with van der Waals surface area (Å²) in [6.07, 6.45) is 1.41. The average Bonchev–Trinajstić information content (AvgIpc) is 2.17. The lowest BCUT2D eigenvalue weighted by Gasteiger charge is -2.02. The molecule has 0 aromatic heterocycles. The van der Waals surface area contributed by atoms with Gasteiger partial charge in [0.15, 0.2) is 0 Å². The van der Waals surface area contributed by atoms with Crippen molar-refractivity contribution < 1.29 is 9.90 Å². The molecule has 1 aromatic carbocycles. The summed E-state index contributed by atoms with van der Waals surface area (Å²) in [4.78, 5) is 10.3. The molecule has 0 bridgehead atoms. The first-order chi connectivity index (χ1) is 7.13. The van der Waals surface area contributed by atoms with E-state index in [1.54, 1.807) is 18.2 Å². The number of carboxylic acid groups (broad SMARTS) is 1. The zero-order valence-corrected chi connectivity index (χ0v) is 8.23. The molecule has 0 saturated heterocycles. The van der Waals surface area contributed by atoms with Gasteiger partial charge in [0.25, 0.3) is 0 Å². The highest BCUT2D eigenvalue weighted by Gasteiger charge is 2.01. The lowest BCUT2D eigenvalue weighted by molar-refractivity contribution is -0.137. The zero-order valence-electron chi connectivity index (χ0n) is 8.23. The van der Waals surface area contributed by atoms with Crippen molar-refractivity contribution in [3.8, 4) is 6.07 Å². The van der Waals surface area contributed by atoms with Crippen molar-refractivity contribution in [1.29, 1.82) is 5.26 Å². The summed E-state index contributed by atoms with van der Waals surface area (Å²) in [6, 6.07) is 7.16. The zero-order chi connectivity index (χ0) is 11.3. The minimum Gasteiger partial charge on any atom is -0.481 e. The van der Waals surface area contributed by atoms with E-state index in [4.69, 9.17) is 16.1 Å². The van der Waals surface area contributed by atoms with Crippen molar-refractivity contribution in [2.45, 2.75) is 19.3 Å². The fourth-order valence-corrected chi connectivity index (χ4v) is 1.31. The van der Waals surface area contributed by atoms with Gasteiger partial charge in [0, 0.05) is 12.1 Å². The number of carbonyl (C=O) groups is 1. The van der Waals surface area contributed by atoms with Crippen LogP contribution in [0.1, 0.15) is 24.0 Å². The van der Waals surface area contributed by atoms with Gasteiger partial charge in [-0.15, -0.1) is 0 Å². The third-order valence-corrected chi connectivity index (χ3v) is 2.09. The third-order valence-electron chi connectivity index (χ3n) is 2.09. The highest BCUT2D eigenvalue weighted by molar-refractivity contribution is 5.66. The monoisotopic (exact) mass is 204 g/mol. The van der Waals surface area contributed by atoms with Crippen LogP contribution in [0, 0.1) is 11.3 Å². The summed E-state index contributed by atoms with van der Waals surface area (Å²) >= 11 is 0. The quantitative estimate of drug-likeness (QED) is 0.728. The molecule has 15 heavy (non-hydrogen) atoms. The number of hydrogen-bond donors (Lipinski definition) is 2. The van der Waals surface area contributed by atoms with Crippen LogP contribution in [0.3, 0.4) is 0 Å². The molecule has 1 aromatic rings. The molecule has 0 saturated carbocycles. The van der Waals surface area contributed by atoms with Crippen LogP contribution in [0.15, 0.2) is 18.2 Å². The smallest absolute Gasteiger partial charge is 0.303 e. The average molecular weight is 204 g/mol. The first-order valence-electron chi connectivity index (χ1n) is 4.64. The number of nitrogens with zero attached hydrogens (tertiary/aromatic N) is 1. The van der Waals surface area contributed by atoms with Gasteiger partial charge >= 0.3 is 5.97 Å². The fraction of sp³-hybridized carbons (Fsp3) is 0.273. The lowest BCUT2D eigenvalue weighted by atomic mass is 10.0. The molecule has 0 heterocycles. The summed E-state index contributed by atoms with van der Waals surface area (Å²) in [5, 5.41) is 17.1. The highest BCUT2D eigenvalue weighted by Crippen LogP contribution is 2.14. The van der Waals surface area contributed by atoms with E-state index < -0.39 is 5.97 Å². The van der Waals surface area contributed by atoms with Gasteiger partial charge in [0.1, 0.15) is 6.07 Å². The standard InChI is InChI=1S/C11H12N2O2/c12-7-9-5-4-8(6-10(9)13)2-1-3-11(14)15/h4-6H,1-3,13H2,(H,14,15). The molecule has 0 radical (unpaired) electrons. The molecule has 0 fully saturated rings. The van der Waals surface area contributed by atoms with Crippen molar-refractivity contribution in [1.82, 2.24) is 0 Å². The number of benzene rings is 1. The topological polar surface area (TPSA) is 87.1 Å². The van der Waals surface area contributed by atoms with Gasteiger partial charge in [-0.2, -0.15) is 5.26 Å². The SMILES string of the molecule is N#Cc1ccc(CCCC(=O)O)cc1N. The van der Waals surface area contributed by atoms with Gasteiger partial charge < -0.3 is 10.8 Å². The molecule has 4 nitrogen and oxygen atoms in total. The molecule has 0 amide bonds. The second-order valence-corrected chi connectivity index (χ2v) is 3.28. The minimum atomic E-state index is -0.795. The Bertz CT molecular complexity index is 408. The molecular formula is C11H12N2O2. The van der Waals surface area contributed by atoms with Crippen molar-refractivity contribution in [3.05, 3.63) is 29.3 Å². The van der Waals surface area contributed by atoms with Crippen LogP contribution in [0.2, 0.25) is 0 Å². The first-order valence-corrected chi connectivity index (χ1v) is 4.64. The Labute approximate surface area is 87.9 Å². The van der Waals surface area contributed by atoms with Gasteiger partial charge in [-0.05, 0) is 30.5 Å². The van der Waals surface area contributed by atoms with Crippen molar-refractivity contribution in [2.24, 2.45) is 0 Å². The van der Waals surface area contributed by atoms with Crippen LogP contribution < -0.4 is 5.73 Å². The Hall–Kier alpha value is -2.02. The number of nitrogens with two attached hydrogens (primary N) is 1. The number of anilines is 1. The number of aliphatic carboxylic acids is 1. The molecule has 4 heteroatoms. The van der Waals surface area contributed by atoms with Crippen LogP contribution in [-0.2, 0) is 11.2 Å². The summed E-state index contributed by atoms with van der Waals surface area (Å²) < 4.78 is 0. The van der Waals surface area contributed by atoms with E-state index in [0.29, 0.717) is 24.1 Å². The molecule has 0 aliphatic heterocycles. The highest BCUT2D eigenvalue weighted by atomic mass is 16.4. The second kappa shape index (κ2) is 5.01. The van der Waals surface area contributed by atoms with E-state index in [1.807, 2.05) is 6.07 Å². The number of rotatable bonds is 4. The van der Waals surface area contributed by atoms with Crippen LogP contribution >= 0.6 is 0 Å². The molecule has 0 atom stereocenters. The summed E-state index contributed by atoms with van der Waals surface area (Å²) in [5.41, 5.74) is 7.50. The van der Waals surface area contributed by atoms with Gasteiger partial charge in [-0.1, -0.05) is 6.07 Å². The minimum absolute atomic E-state index is 0.153. The largest absolute Gasteiger partial charge is 0.481 e. The molecule has 78 valence electrons. The number of hydrogen-bond acceptors (Lipinski definition) is 3. The maximum Gasteiger partial charge on any atom is 0.303 e. The van der Waals surface area contributed by atoms with E-state index in [9.17, 15) is 4.79 Å². The Morgan fingerprint density at radius 1 is 1.53 bits per heavy atom. The summed E-state index contributed by atoms with van der Waals surface area (Å²) in [5.74, 6) is -0.795. The van der Waals surface area contributed by atoms with Crippen molar-refractivity contribution in [2.75, 3.05) is 5.73 Å². The first kappa shape index (κ1) is 11.1. The lowest BCUT2D eigenvalue weighted by Crippen LogP contribution is -1.97. The molecule has 0 aliphatic carbocycles. The Balaban J connectivity index is 2.60. The van der Waals surface area contributed by atoms with Crippen LogP contribution in [0.5, 0.6) is 0 Å². The third kappa shape index (κ3) is 3.31. The van der Waals surface area contributed by atoms with E-state index in [0.717, 1.165) is 5.56 Å². The van der Waals surface area contributed by atoms with E-state index in [2.05, 4.69) is 0 Å². The van der Waals surface area contributed by atoms with Crippen LogP contribution in [-0.4, -0.2) is 11.1 Å². The summed E-state index contributed by atoms with van der Waals surface area (Å²) in [7, 11) is 0. The molecular weight excluding hydrogens is 192 g/mol. The van der Waals surface area contributed by atoms with E-state index in [-0.39, 0.29) is 6.42 Å². The fourth-order valence-electron chi connectivity index (χ4n) is 1.31. The predicted molar refractivity (Wildman–Crippen MR) is 56.1 cm³/mol. The van der Waals surface area contributed by atoms with Crippen molar-refractivity contribution in [3.63, 3.8) is 0 Å². The molecule has 0 spiro atoms. The number of nitriles is 1. The van der Waals surface area contributed by atoms with Crippen molar-refractivity contribution >= 4 is 11.7 Å². The number of nitrogen functional groups attached to an aromatic ring is 1. The van der Waals surface area contributed by atoms with Gasteiger partial charge in [0.05, 0.1) is 5.56 Å². The number of carboxylic acids is 1. The van der Waals surface area contributed by atoms with Gasteiger partial charge in [-0.3, -0.25) is 4.79 Å². The van der Waals surface area contributed by atoms with Gasteiger partial charge in [0.2, 0.25) is 0 Å². The van der Waals surface area contributed by atoms with E-state index in [1.165, 1.54) is 0 Å². The molecule has 0 aliphatic rings. The Morgan fingerprint density at radius 3 is 2.80 bits per heavy atom. The number of aryl methyl sites for hydroxylation is 1. The molecule has 3 N–H and O–H groups in total.